The van der Waals surface area contributed by atoms with Crippen molar-refractivity contribution in [1.29, 1.82) is 0 Å². The number of imide groups is 1. The van der Waals surface area contributed by atoms with Crippen LogP contribution >= 0.6 is 34.7 Å². The van der Waals surface area contributed by atoms with Crippen LogP contribution in [0.2, 0.25) is 5.02 Å². The average Bonchev–Trinajstić information content (AvgIpc) is 3.02. The van der Waals surface area contributed by atoms with Crippen molar-refractivity contribution in [2.45, 2.75) is 0 Å². The van der Waals surface area contributed by atoms with Crippen LogP contribution in [-0.4, -0.2) is 23.1 Å². The third kappa shape index (κ3) is 2.90. The Kier molecular flexibility index (Phi) is 3.89. The molecule has 1 aromatic carbocycles. The molecule has 1 aromatic heterocycles. The van der Waals surface area contributed by atoms with Gasteiger partial charge in [0.05, 0.1) is 4.91 Å². The Morgan fingerprint density at radius 2 is 1.81 bits per heavy atom. The summed E-state index contributed by atoms with van der Waals surface area (Å²) in [6, 6.07) is 11.5. The Bertz CT molecular complexity index is 749. The number of rotatable bonds is 2. The van der Waals surface area contributed by atoms with Crippen molar-refractivity contribution < 1.29 is 9.59 Å². The van der Waals surface area contributed by atoms with Gasteiger partial charge in [0.15, 0.2) is 0 Å². The molecule has 6 heteroatoms. The largest absolute Gasteiger partial charge is 0.293 e. The molecule has 21 heavy (non-hydrogen) atoms. The van der Waals surface area contributed by atoms with Crippen molar-refractivity contribution in [3.63, 3.8) is 0 Å². The van der Waals surface area contributed by atoms with Gasteiger partial charge in [0.25, 0.3) is 11.1 Å². The van der Waals surface area contributed by atoms with E-state index in [-0.39, 0.29) is 11.1 Å². The van der Waals surface area contributed by atoms with E-state index >= 15 is 0 Å². The Morgan fingerprint density at radius 1 is 1.10 bits per heavy atom. The summed E-state index contributed by atoms with van der Waals surface area (Å²) < 4.78 is 0. The zero-order chi connectivity index (χ0) is 15.0. The van der Waals surface area contributed by atoms with E-state index in [2.05, 4.69) is 0 Å². The number of nitrogens with zero attached hydrogens (tertiary/aromatic N) is 1. The molecule has 0 aliphatic carbocycles. The van der Waals surface area contributed by atoms with Gasteiger partial charge in [0, 0.05) is 21.8 Å². The van der Waals surface area contributed by atoms with E-state index in [1.54, 1.807) is 17.4 Å². The Labute approximate surface area is 135 Å². The van der Waals surface area contributed by atoms with Crippen LogP contribution < -0.4 is 0 Å². The van der Waals surface area contributed by atoms with Crippen LogP contribution in [0.3, 0.4) is 0 Å². The Hall–Kier alpha value is -1.56. The van der Waals surface area contributed by atoms with Crippen molar-refractivity contribution in [2.75, 3.05) is 7.05 Å². The molecular formula is C15H10ClNO2S2. The number of hydrogen-bond donors (Lipinski definition) is 0. The first-order valence-electron chi connectivity index (χ1n) is 6.12. The molecule has 0 saturated carbocycles. The highest BCUT2D eigenvalue weighted by molar-refractivity contribution is 8.18. The van der Waals surface area contributed by atoms with Gasteiger partial charge in [-0.15, -0.1) is 11.3 Å². The number of amides is 2. The minimum absolute atomic E-state index is 0.235. The number of hydrogen-bond acceptors (Lipinski definition) is 4. The fourth-order valence-corrected chi connectivity index (χ4v) is 3.85. The topological polar surface area (TPSA) is 37.4 Å². The van der Waals surface area contributed by atoms with Crippen LogP contribution in [0.25, 0.3) is 16.5 Å². The van der Waals surface area contributed by atoms with Crippen molar-refractivity contribution in [3.8, 4) is 10.4 Å². The maximum atomic E-state index is 11.8. The van der Waals surface area contributed by atoms with E-state index < -0.39 is 0 Å². The molecule has 1 aliphatic rings. The number of halogens is 1. The van der Waals surface area contributed by atoms with E-state index in [4.69, 9.17) is 11.6 Å². The summed E-state index contributed by atoms with van der Waals surface area (Å²) in [5.74, 6) is -0.244. The number of likely N-dealkylation sites (N-methyl/N-ethyl adjacent to an activating group) is 1. The predicted molar refractivity (Wildman–Crippen MR) is 88.5 cm³/mol. The molecule has 2 amide bonds. The Balaban J connectivity index is 1.87. The van der Waals surface area contributed by atoms with Crippen molar-refractivity contribution in [2.24, 2.45) is 0 Å². The van der Waals surface area contributed by atoms with Crippen LogP contribution in [0.5, 0.6) is 0 Å². The molecule has 3 rings (SSSR count). The first kappa shape index (κ1) is 14.4. The van der Waals surface area contributed by atoms with E-state index in [0.29, 0.717) is 9.93 Å². The van der Waals surface area contributed by atoms with Gasteiger partial charge in [0.2, 0.25) is 0 Å². The molecule has 1 saturated heterocycles. The fraction of sp³-hybridized carbons (Fsp3) is 0.0667. The summed E-state index contributed by atoms with van der Waals surface area (Å²) in [4.78, 5) is 26.9. The van der Waals surface area contributed by atoms with Gasteiger partial charge in [-0.1, -0.05) is 23.7 Å². The molecule has 2 aromatic rings. The van der Waals surface area contributed by atoms with Gasteiger partial charge in [-0.05, 0) is 47.7 Å². The molecule has 106 valence electrons. The van der Waals surface area contributed by atoms with E-state index in [1.807, 2.05) is 36.4 Å². The first-order chi connectivity index (χ1) is 10.0. The highest BCUT2D eigenvalue weighted by Gasteiger charge is 2.31. The molecule has 3 nitrogen and oxygen atoms in total. The molecule has 1 fully saturated rings. The number of thiophene rings is 1. The zero-order valence-corrected chi connectivity index (χ0v) is 13.4. The monoisotopic (exact) mass is 335 g/mol. The van der Waals surface area contributed by atoms with Crippen LogP contribution in [-0.2, 0) is 4.79 Å². The minimum Gasteiger partial charge on any atom is -0.272 e. The van der Waals surface area contributed by atoms with Gasteiger partial charge in [-0.2, -0.15) is 0 Å². The van der Waals surface area contributed by atoms with Crippen LogP contribution in [0.15, 0.2) is 41.3 Å². The molecule has 0 unspecified atom stereocenters. The SMILES string of the molecule is CN1C(=O)S/C(=C\c2ccc(-c3ccc(Cl)cc3)s2)C1=O. The summed E-state index contributed by atoms with van der Waals surface area (Å²) in [6.45, 7) is 0. The van der Waals surface area contributed by atoms with E-state index in [9.17, 15) is 9.59 Å². The fourth-order valence-electron chi connectivity index (χ4n) is 1.87. The maximum absolute atomic E-state index is 11.8. The van der Waals surface area contributed by atoms with E-state index in [1.165, 1.54) is 7.05 Å². The summed E-state index contributed by atoms with van der Waals surface area (Å²) >= 11 is 8.42. The number of thioether (sulfide) groups is 1. The lowest BCUT2D eigenvalue weighted by Crippen LogP contribution is -2.22. The summed E-state index contributed by atoms with van der Waals surface area (Å²) in [7, 11) is 1.49. The smallest absolute Gasteiger partial charge is 0.272 e. The molecule has 0 N–H and O–H groups in total. The quantitative estimate of drug-likeness (QED) is 0.744. The molecule has 1 aliphatic heterocycles. The summed E-state index contributed by atoms with van der Waals surface area (Å²) in [5, 5.41) is 0.466. The number of benzene rings is 1. The average molecular weight is 336 g/mol. The third-order valence-electron chi connectivity index (χ3n) is 3.02. The molecule has 2 heterocycles. The standard InChI is InChI=1S/C15H10ClNO2S2/c1-17-14(18)13(21-15(17)19)8-11-6-7-12(20-11)9-2-4-10(16)5-3-9/h2-8H,1H3/b13-8-. The molecule has 0 radical (unpaired) electrons. The second-order valence-corrected chi connectivity index (χ2v) is 6.99. The maximum Gasteiger partial charge on any atom is 0.293 e. The van der Waals surface area contributed by atoms with Gasteiger partial charge >= 0.3 is 0 Å². The van der Waals surface area contributed by atoms with Crippen LogP contribution in [0.4, 0.5) is 4.79 Å². The third-order valence-corrected chi connectivity index (χ3v) is 5.31. The molecule has 0 bridgehead atoms. The van der Waals surface area contributed by atoms with Crippen LogP contribution in [0, 0.1) is 0 Å². The molecular weight excluding hydrogens is 326 g/mol. The lowest BCUT2D eigenvalue weighted by Gasteiger charge is -2.00. The minimum atomic E-state index is -0.244. The van der Waals surface area contributed by atoms with Crippen molar-refractivity contribution in [3.05, 3.63) is 51.2 Å². The lowest BCUT2D eigenvalue weighted by atomic mass is 10.2. The molecule has 0 atom stereocenters. The van der Waals surface area contributed by atoms with Gasteiger partial charge in [-0.25, -0.2) is 0 Å². The number of carbonyl (C=O) groups excluding carboxylic acids is 2. The van der Waals surface area contributed by atoms with Gasteiger partial charge < -0.3 is 0 Å². The van der Waals surface area contributed by atoms with Crippen molar-refractivity contribution in [1.82, 2.24) is 4.90 Å². The molecule has 0 spiro atoms. The second-order valence-electron chi connectivity index (χ2n) is 4.45. The van der Waals surface area contributed by atoms with Crippen molar-refractivity contribution >= 4 is 51.9 Å². The Morgan fingerprint density at radius 3 is 2.43 bits per heavy atom. The normalized spacial score (nSPS) is 17.0. The first-order valence-corrected chi connectivity index (χ1v) is 8.13. The van der Waals surface area contributed by atoms with Crippen LogP contribution in [0.1, 0.15) is 4.88 Å². The van der Waals surface area contributed by atoms with Gasteiger partial charge in [-0.3, -0.25) is 14.5 Å². The number of carbonyl (C=O) groups is 2. The summed E-state index contributed by atoms with van der Waals surface area (Å²) in [5.41, 5.74) is 1.08. The summed E-state index contributed by atoms with van der Waals surface area (Å²) in [6.07, 6.45) is 1.76. The van der Waals surface area contributed by atoms with E-state index in [0.717, 1.165) is 32.0 Å². The van der Waals surface area contributed by atoms with Gasteiger partial charge in [0.1, 0.15) is 0 Å². The lowest BCUT2D eigenvalue weighted by molar-refractivity contribution is -0.121. The highest BCUT2D eigenvalue weighted by Crippen LogP contribution is 2.34. The second kappa shape index (κ2) is 5.67. The highest BCUT2D eigenvalue weighted by atomic mass is 35.5. The predicted octanol–water partition coefficient (Wildman–Crippen LogP) is 4.73. The zero-order valence-electron chi connectivity index (χ0n) is 11.0.